The van der Waals surface area contributed by atoms with E-state index in [4.69, 9.17) is 9.72 Å². The molecule has 1 saturated heterocycles. The topological polar surface area (TPSA) is 95.3 Å². The van der Waals surface area contributed by atoms with Crippen LogP contribution in [0.15, 0.2) is 48.7 Å². The number of benzene rings is 1. The monoisotopic (exact) mass is 557 g/mol. The number of likely N-dealkylation sites (tertiary alicyclic amines) is 1. The van der Waals surface area contributed by atoms with Crippen molar-refractivity contribution in [2.45, 2.75) is 44.2 Å². The van der Waals surface area contributed by atoms with Gasteiger partial charge in [-0.25, -0.2) is 4.52 Å². The van der Waals surface area contributed by atoms with Gasteiger partial charge in [0.15, 0.2) is 5.65 Å². The number of pyridine rings is 1. The maximum Gasteiger partial charge on any atom is 0.253 e. The number of aromatic nitrogens is 3. The minimum atomic E-state index is 0.0504. The first kappa shape index (κ1) is 27.4. The molecule has 0 radical (unpaired) electrons. The molecule has 1 aromatic carbocycles. The number of hydrogen-bond donors (Lipinski definition) is 1. The Balaban J connectivity index is 1.10. The average Bonchev–Trinajstić information content (AvgIpc) is 3.39. The normalized spacial score (nSPS) is 21.8. The highest BCUT2D eigenvalue weighted by atomic mass is 16.5. The Morgan fingerprint density at radius 1 is 1.07 bits per heavy atom. The molecule has 41 heavy (non-hydrogen) atoms. The van der Waals surface area contributed by atoms with Crippen molar-refractivity contribution in [2.75, 3.05) is 52.7 Å². The maximum atomic E-state index is 13.1. The van der Waals surface area contributed by atoms with Gasteiger partial charge < -0.3 is 24.8 Å². The zero-order chi connectivity index (χ0) is 28.5. The van der Waals surface area contributed by atoms with Gasteiger partial charge in [-0.15, -0.1) is 5.10 Å². The van der Waals surface area contributed by atoms with Crippen molar-refractivity contribution in [3.63, 3.8) is 0 Å². The second-order valence-electron chi connectivity index (χ2n) is 11.6. The second-order valence-corrected chi connectivity index (χ2v) is 11.6. The Kier molecular flexibility index (Phi) is 7.77. The van der Waals surface area contributed by atoms with Gasteiger partial charge in [0.1, 0.15) is 0 Å². The van der Waals surface area contributed by atoms with Gasteiger partial charge in [0.25, 0.3) is 5.91 Å². The summed E-state index contributed by atoms with van der Waals surface area (Å²) in [4.78, 5) is 36.8. The number of fused-ring (bicyclic) bond motifs is 1. The number of rotatable bonds is 7. The van der Waals surface area contributed by atoms with E-state index in [1.54, 1.807) is 11.6 Å². The number of hydrogen-bond acceptors (Lipinski definition) is 7. The highest BCUT2D eigenvalue weighted by Gasteiger charge is 2.37. The summed E-state index contributed by atoms with van der Waals surface area (Å²) in [6.45, 7) is 3.35. The molecule has 0 bridgehead atoms. The molecule has 10 heteroatoms. The lowest BCUT2D eigenvalue weighted by atomic mass is 9.81. The zero-order valence-electron chi connectivity index (χ0n) is 24.1. The molecule has 1 saturated carbocycles. The third kappa shape index (κ3) is 5.71. The van der Waals surface area contributed by atoms with Crippen molar-refractivity contribution in [3.05, 3.63) is 59.8 Å². The molecule has 216 valence electrons. The fraction of sp³-hybridized carbons (Fsp3) is 0.484. The second kappa shape index (κ2) is 11.6. The van der Waals surface area contributed by atoms with E-state index in [1.807, 2.05) is 53.4 Å². The predicted molar refractivity (Wildman–Crippen MR) is 158 cm³/mol. The van der Waals surface area contributed by atoms with E-state index in [1.165, 1.54) is 5.57 Å². The van der Waals surface area contributed by atoms with Crippen molar-refractivity contribution in [3.8, 4) is 0 Å². The smallest absolute Gasteiger partial charge is 0.253 e. The van der Waals surface area contributed by atoms with Crippen LogP contribution in [0.25, 0.3) is 11.2 Å². The van der Waals surface area contributed by atoms with Gasteiger partial charge in [0.05, 0.1) is 6.10 Å². The van der Waals surface area contributed by atoms with Crippen molar-refractivity contribution >= 4 is 34.7 Å². The molecule has 2 aliphatic heterocycles. The van der Waals surface area contributed by atoms with E-state index < -0.39 is 0 Å². The predicted octanol–water partition coefficient (Wildman–Crippen LogP) is 3.68. The van der Waals surface area contributed by atoms with Crippen molar-refractivity contribution < 1.29 is 14.3 Å². The molecular weight excluding hydrogens is 518 g/mol. The highest BCUT2D eigenvalue weighted by Crippen LogP contribution is 2.33. The van der Waals surface area contributed by atoms with Gasteiger partial charge in [-0.3, -0.25) is 9.59 Å². The number of methoxy groups -OCH3 is 1. The number of nitrogens with zero attached hydrogens (tertiary/aromatic N) is 6. The molecule has 2 aromatic heterocycles. The quantitative estimate of drug-likeness (QED) is 0.474. The van der Waals surface area contributed by atoms with Gasteiger partial charge in [0.2, 0.25) is 11.9 Å². The molecule has 0 unspecified atom stereocenters. The molecule has 1 aliphatic carbocycles. The zero-order valence-corrected chi connectivity index (χ0v) is 24.1. The lowest BCUT2D eigenvalue weighted by Gasteiger charge is -2.37. The van der Waals surface area contributed by atoms with E-state index in [-0.39, 0.29) is 29.9 Å². The summed E-state index contributed by atoms with van der Waals surface area (Å²) in [6, 6.07) is 11.8. The van der Waals surface area contributed by atoms with Crippen LogP contribution in [0.4, 0.5) is 11.6 Å². The van der Waals surface area contributed by atoms with E-state index in [9.17, 15) is 9.59 Å². The first-order valence-corrected chi connectivity index (χ1v) is 14.6. The van der Waals surface area contributed by atoms with Crippen LogP contribution >= 0.6 is 0 Å². The number of nitrogens with one attached hydrogen (secondary N) is 1. The Morgan fingerprint density at radius 2 is 1.83 bits per heavy atom. The molecule has 0 atom stereocenters. The number of anilines is 2. The van der Waals surface area contributed by atoms with Crippen molar-refractivity contribution in [1.82, 2.24) is 29.3 Å². The maximum absolute atomic E-state index is 13.1. The van der Waals surface area contributed by atoms with Crippen LogP contribution < -0.4 is 5.32 Å². The molecule has 2 amide bonds. The Hall–Kier alpha value is -3.76. The summed E-state index contributed by atoms with van der Waals surface area (Å²) in [5.74, 6) is 0.873. The molecule has 6 rings (SSSR count). The van der Waals surface area contributed by atoms with Crippen LogP contribution in [0.2, 0.25) is 0 Å². The van der Waals surface area contributed by atoms with Crippen LogP contribution in [-0.4, -0.2) is 101 Å². The molecule has 3 aliphatic rings. The summed E-state index contributed by atoms with van der Waals surface area (Å²) >= 11 is 0. The molecule has 3 aromatic rings. The lowest BCUT2D eigenvalue weighted by Crippen LogP contribution is -2.45. The fourth-order valence-electron chi connectivity index (χ4n) is 6.12. The SMILES string of the molecule is COC1CC(C(=O)N2CC=C(c3cccn4nc(Nc5ccc(C(=O)N(C)C6CCN(C)CC6)cc5)nc34)CC2)C1. The highest BCUT2D eigenvalue weighted by molar-refractivity contribution is 5.94. The lowest BCUT2D eigenvalue weighted by molar-refractivity contribution is -0.143. The largest absolute Gasteiger partial charge is 0.381 e. The van der Waals surface area contributed by atoms with Crippen LogP contribution in [-0.2, 0) is 9.53 Å². The first-order valence-electron chi connectivity index (χ1n) is 14.6. The summed E-state index contributed by atoms with van der Waals surface area (Å²) in [5, 5.41) is 7.92. The van der Waals surface area contributed by atoms with Gasteiger partial charge >= 0.3 is 0 Å². The summed E-state index contributed by atoms with van der Waals surface area (Å²) < 4.78 is 7.12. The number of carbonyl (C=O) groups is 2. The molecule has 2 fully saturated rings. The molecular formula is C31H39N7O3. The molecule has 0 spiro atoms. The number of ether oxygens (including phenoxy) is 1. The third-order valence-corrected chi connectivity index (χ3v) is 8.95. The van der Waals surface area contributed by atoms with E-state index in [0.29, 0.717) is 24.6 Å². The van der Waals surface area contributed by atoms with Gasteiger partial charge in [0, 0.05) is 62.2 Å². The Morgan fingerprint density at radius 3 is 2.51 bits per heavy atom. The minimum Gasteiger partial charge on any atom is -0.381 e. The number of carbonyl (C=O) groups excluding carboxylic acids is 2. The van der Waals surface area contributed by atoms with Gasteiger partial charge in [-0.2, -0.15) is 4.98 Å². The number of amides is 2. The van der Waals surface area contributed by atoms with Crippen LogP contribution in [0.1, 0.15) is 48.0 Å². The van der Waals surface area contributed by atoms with Crippen molar-refractivity contribution in [2.24, 2.45) is 5.92 Å². The van der Waals surface area contributed by atoms with E-state index >= 15 is 0 Å². The number of piperidine rings is 1. The Bertz CT molecular complexity index is 1440. The summed E-state index contributed by atoms with van der Waals surface area (Å²) in [6.07, 6.45) is 8.69. The fourth-order valence-corrected chi connectivity index (χ4v) is 6.12. The van der Waals surface area contributed by atoms with E-state index in [0.717, 1.165) is 62.1 Å². The van der Waals surface area contributed by atoms with Gasteiger partial charge in [-0.1, -0.05) is 6.08 Å². The first-order chi connectivity index (χ1) is 19.9. The van der Waals surface area contributed by atoms with Gasteiger partial charge in [-0.05, 0) is 94.2 Å². The van der Waals surface area contributed by atoms with Crippen LogP contribution in [0, 0.1) is 5.92 Å². The Labute approximate surface area is 241 Å². The summed E-state index contributed by atoms with van der Waals surface area (Å²) in [5.41, 5.74) is 4.47. The minimum absolute atomic E-state index is 0.0504. The molecule has 10 nitrogen and oxygen atoms in total. The van der Waals surface area contributed by atoms with Crippen molar-refractivity contribution in [1.29, 1.82) is 0 Å². The van der Waals surface area contributed by atoms with Crippen LogP contribution in [0.5, 0.6) is 0 Å². The summed E-state index contributed by atoms with van der Waals surface area (Å²) in [7, 11) is 5.74. The molecule has 1 N–H and O–H groups in total. The average molecular weight is 558 g/mol. The van der Waals surface area contributed by atoms with Crippen LogP contribution in [0.3, 0.4) is 0 Å². The van der Waals surface area contributed by atoms with E-state index in [2.05, 4.69) is 34.5 Å². The third-order valence-electron chi connectivity index (χ3n) is 8.95. The standard InChI is InChI=1S/C31H39N7O3/c1-35-15-12-25(13-16-35)36(2)29(39)22-6-8-24(9-7-22)32-31-33-28-27(5-4-14-38(28)34-31)21-10-17-37(18-11-21)30(40)23-19-26(20-23)41-3/h4-10,14,23,25-26H,11-13,15-20H2,1-3H3,(H,32,34). The molecule has 4 heterocycles.